The molecule has 2 fully saturated rings. The number of carbonyl (C=O) groups is 1. The number of hydrogen-bond acceptors (Lipinski definition) is 13. The third-order valence-corrected chi connectivity index (χ3v) is 8.66. The van der Waals surface area contributed by atoms with Gasteiger partial charge < -0.3 is 34.3 Å². The van der Waals surface area contributed by atoms with E-state index < -0.39 is 43.8 Å². The molecule has 4 heterocycles. The van der Waals surface area contributed by atoms with Crippen molar-refractivity contribution in [3.05, 3.63) is 36.7 Å². The molecule has 234 valence electrons. The number of aliphatic hydroxyl groups is 1. The second-order valence-electron chi connectivity index (χ2n) is 11.7. The van der Waals surface area contributed by atoms with E-state index in [1.165, 1.54) is 20.4 Å². The van der Waals surface area contributed by atoms with Gasteiger partial charge in [0.1, 0.15) is 29.6 Å². The van der Waals surface area contributed by atoms with E-state index in [0.29, 0.717) is 24.2 Å². The Morgan fingerprint density at radius 3 is 2.65 bits per heavy atom. The van der Waals surface area contributed by atoms with Crippen LogP contribution in [0.2, 0.25) is 0 Å². The predicted molar refractivity (Wildman–Crippen MR) is 153 cm³/mol. The van der Waals surface area contributed by atoms with Gasteiger partial charge in [-0.2, -0.15) is 15.1 Å². The summed E-state index contributed by atoms with van der Waals surface area (Å²) < 4.78 is 50.0. The van der Waals surface area contributed by atoms with Gasteiger partial charge in [0.15, 0.2) is 17.4 Å². The van der Waals surface area contributed by atoms with Crippen LogP contribution in [0.25, 0.3) is 11.2 Å². The number of aliphatic hydroxyl groups excluding tert-OH is 1. The molecule has 3 unspecified atom stereocenters. The van der Waals surface area contributed by atoms with Crippen molar-refractivity contribution in [3.8, 4) is 11.6 Å². The number of carbonyl (C=O) groups excluding carboxylic acids is 1. The van der Waals surface area contributed by atoms with Gasteiger partial charge in [-0.15, -0.1) is 0 Å². The van der Waals surface area contributed by atoms with E-state index >= 15 is 0 Å². The lowest BCUT2D eigenvalue weighted by atomic mass is 9.86. The maximum Gasteiger partial charge on any atom is 0.459 e. The molecule has 6 atom stereocenters. The fourth-order valence-corrected chi connectivity index (χ4v) is 6.32. The largest absolute Gasteiger partial charge is 0.479 e. The molecule has 2 saturated heterocycles. The lowest BCUT2D eigenvalue weighted by Gasteiger charge is -2.44. The lowest BCUT2D eigenvalue weighted by Crippen LogP contribution is -2.56. The first-order chi connectivity index (χ1) is 20.3. The number of benzene rings is 1. The quantitative estimate of drug-likeness (QED) is 0.209. The molecule has 0 aliphatic carbocycles. The molecule has 3 aromatic rings. The Balaban J connectivity index is 1.36. The molecule has 1 spiro atoms. The second-order valence-corrected chi connectivity index (χ2v) is 13.4. The van der Waals surface area contributed by atoms with Crippen molar-refractivity contribution in [1.29, 1.82) is 0 Å². The normalized spacial score (nSPS) is 25.7. The third-order valence-electron chi connectivity index (χ3n) is 7.02. The highest BCUT2D eigenvalue weighted by Gasteiger charge is 2.62. The zero-order chi connectivity index (χ0) is 31.0. The molecule has 0 bridgehead atoms. The van der Waals surface area contributed by atoms with Crippen molar-refractivity contribution in [2.24, 2.45) is 5.41 Å². The average Bonchev–Trinajstić information content (AvgIpc) is 3.48. The summed E-state index contributed by atoms with van der Waals surface area (Å²) in [7, 11) is -2.78. The van der Waals surface area contributed by atoms with Crippen LogP contribution in [0.1, 0.15) is 40.3 Å². The van der Waals surface area contributed by atoms with Crippen LogP contribution in [0.15, 0.2) is 36.7 Å². The Labute approximate surface area is 248 Å². The van der Waals surface area contributed by atoms with E-state index in [1.54, 1.807) is 34.9 Å². The summed E-state index contributed by atoms with van der Waals surface area (Å²) in [6, 6.07) is 7.33. The number of hydrogen-bond donors (Lipinski definition) is 3. The fourth-order valence-electron chi connectivity index (χ4n) is 4.82. The highest BCUT2D eigenvalue weighted by atomic mass is 31.2. The van der Waals surface area contributed by atoms with E-state index in [9.17, 15) is 14.5 Å². The van der Waals surface area contributed by atoms with Gasteiger partial charge in [0.2, 0.25) is 11.8 Å². The van der Waals surface area contributed by atoms with Gasteiger partial charge in [-0.1, -0.05) is 39.0 Å². The average molecular weight is 621 g/mol. The molecule has 5 rings (SSSR count). The zero-order valence-corrected chi connectivity index (χ0v) is 25.5. The predicted octanol–water partition coefficient (Wildman–Crippen LogP) is 2.61. The maximum absolute atomic E-state index is 14.0. The number of nitrogen functional groups attached to an aromatic ring is 1. The van der Waals surface area contributed by atoms with Crippen molar-refractivity contribution in [2.45, 2.75) is 64.2 Å². The molecule has 4 N–H and O–H groups in total. The molecule has 43 heavy (non-hydrogen) atoms. The highest BCUT2D eigenvalue weighted by Crippen LogP contribution is 2.51. The van der Waals surface area contributed by atoms with E-state index in [1.807, 2.05) is 20.8 Å². The summed E-state index contributed by atoms with van der Waals surface area (Å²) in [5.41, 5.74) is 5.14. The summed E-state index contributed by atoms with van der Waals surface area (Å²) in [6.07, 6.45) is -1.16. The third kappa shape index (κ3) is 6.47. The number of esters is 1. The summed E-state index contributed by atoms with van der Waals surface area (Å²) in [5, 5.41) is 14.0. The van der Waals surface area contributed by atoms with E-state index in [-0.39, 0.29) is 36.2 Å². The van der Waals surface area contributed by atoms with Gasteiger partial charge in [0.05, 0.1) is 33.3 Å². The van der Waals surface area contributed by atoms with E-state index in [0.717, 1.165) is 0 Å². The number of ether oxygens (including phenoxy) is 4. The maximum atomic E-state index is 14.0. The molecule has 16 heteroatoms. The van der Waals surface area contributed by atoms with Crippen LogP contribution in [-0.4, -0.2) is 81.4 Å². The topological polar surface area (TPSA) is 191 Å². The van der Waals surface area contributed by atoms with Gasteiger partial charge in [-0.25, -0.2) is 9.55 Å². The van der Waals surface area contributed by atoms with E-state index in [4.69, 9.17) is 33.7 Å². The van der Waals surface area contributed by atoms with Gasteiger partial charge in [0.25, 0.3) is 0 Å². The molecule has 2 aromatic heterocycles. The number of imidazole rings is 1. The summed E-state index contributed by atoms with van der Waals surface area (Å²) in [5.74, 6) is -0.232. The van der Waals surface area contributed by atoms with Crippen LogP contribution in [0.5, 0.6) is 11.6 Å². The summed E-state index contributed by atoms with van der Waals surface area (Å²) >= 11 is 0. The van der Waals surface area contributed by atoms with Gasteiger partial charge in [0, 0.05) is 6.42 Å². The van der Waals surface area contributed by atoms with Crippen LogP contribution in [-0.2, 0) is 28.1 Å². The number of nitrogens with zero attached hydrogens (tertiary/aromatic N) is 4. The summed E-state index contributed by atoms with van der Waals surface area (Å²) in [4.78, 5) is 25.4. The Kier molecular flexibility index (Phi) is 8.67. The first kappa shape index (κ1) is 31.1. The fraction of sp³-hybridized carbons (Fsp3) is 0.556. The SMILES string of the molecule is COc1nc(N)nc2c1ncn2C1OC(COP(=O)(N[C@@H](C)C(=O)OCC(C)(C)C)Oc2ccccc2)[C@@H](O)[C@]12CCO2. The monoisotopic (exact) mass is 620 g/mol. The van der Waals surface area contributed by atoms with Gasteiger partial charge in [-0.3, -0.25) is 13.9 Å². The molecule has 2 aliphatic rings. The van der Waals surface area contributed by atoms with E-state index in [2.05, 4.69) is 20.0 Å². The molecule has 0 radical (unpaired) electrons. The Morgan fingerprint density at radius 1 is 1.30 bits per heavy atom. The Bertz CT molecular complexity index is 1490. The van der Waals surface area contributed by atoms with Crippen LogP contribution < -0.4 is 20.1 Å². The molecule has 1 aromatic carbocycles. The van der Waals surface area contributed by atoms with Crippen molar-refractivity contribution in [2.75, 3.05) is 32.7 Å². The van der Waals surface area contributed by atoms with Crippen molar-refractivity contribution in [3.63, 3.8) is 0 Å². The number of anilines is 1. The molecule has 15 nitrogen and oxygen atoms in total. The number of aromatic nitrogens is 4. The minimum absolute atomic E-state index is 0.0340. The zero-order valence-electron chi connectivity index (χ0n) is 24.6. The number of nitrogens with two attached hydrogens (primary N) is 1. The Hall–Kier alpha value is -3.33. The standard InChI is InChI=1S/C27H37N6O9P/c1-16(23(35)38-14-26(2,3)4)32-43(36,42-17-9-7-6-8-10-17)40-13-18-20(34)27(11-12-39-27)24(41-18)33-15-29-19-21(33)30-25(28)31-22(19)37-5/h6-10,15-16,18,20,24,34H,11-14H2,1-5H3,(H,32,36)(H2,28,30,31)/t16-,18?,20+,24?,27+,43?/m0/s1. The van der Waals surface area contributed by atoms with Crippen molar-refractivity contribution < 1.29 is 42.5 Å². The van der Waals surface area contributed by atoms with Crippen molar-refractivity contribution in [1.82, 2.24) is 24.6 Å². The molecular weight excluding hydrogens is 583 g/mol. The number of nitrogens with one attached hydrogen (secondary N) is 1. The summed E-state index contributed by atoms with van der Waals surface area (Å²) in [6.45, 7) is 7.45. The van der Waals surface area contributed by atoms with Crippen LogP contribution in [0, 0.1) is 5.41 Å². The lowest BCUT2D eigenvalue weighted by molar-refractivity contribution is -0.225. The number of methoxy groups -OCH3 is 1. The van der Waals surface area contributed by atoms with Gasteiger partial charge >= 0.3 is 13.7 Å². The highest BCUT2D eigenvalue weighted by molar-refractivity contribution is 7.52. The molecule has 0 saturated carbocycles. The smallest absolute Gasteiger partial charge is 0.459 e. The minimum atomic E-state index is -4.22. The second kappa shape index (κ2) is 12.0. The first-order valence-electron chi connectivity index (χ1n) is 13.8. The van der Waals surface area contributed by atoms with Crippen LogP contribution >= 0.6 is 7.75 Å². The number of fused-ring (bicyclic) bond motifs is 1. The van der Waals surface area contributed by atoms with Crippen LogP contribution in [0.4, 0.5) is 5.95 Å². The van der Waals surface area contributed by atoms with Crippen LogP contribution in [0.3, 0.4) is 0 Å². The molecule has 0 amide bonds. The Morgan fingerprint density at radius 2 is 2.02 bits per heavy atom. The van der Waals surface area contributed by atoms with Gasteiger partial charge in [-0.05, 0) is 24.5 Å². The molecular formula is C27H37N6O9P. The minimum Gasteiger partial charge on any atom is -0.479 e. The first-order valence-corrected chi connectivity index (χ1v) is 15.3. The van der Waals surface area contributed by atoms with Crippen molar-refractivity contribution >= 4 is 30.8 Å². The molecule has 2 aliphatic heterocycles. The number of para-hydroxylation sites is 1. The number of rotatable bonds is 11.